The molecule has 1 atom stereocenters. The molecule has 6 amide bonds. The smallest absolute Gasteiger partial charge is 0.325 e. The van der Waals surface area contributed by atoms with E-state index in [0.717, 1.165) is 18.2 Å². The molecule has 1 fully saturated rings. The van der Waals surface area contributed by atoms with Crippen LogP contribution in [0.5, 0.6) is 0 Å². The van der Waals surface area contributed by atoms with Crippen LogP contribution in [0.15, 0.2) is 18.2 Å². The van der Waals surface area contributed by atoms with Gasteiger partial charge in [0.15, 0.2) is 0 Å². The Bertz CT molecular complexity index is 755. The van der Waals surface area contributed by atoms with Gasteiger partial charge in [0.1, 0.15) is 23.7 Å². The minimum absolute atomic E-state index is 0.277. The first-order valence-electron chi connectivity index (χ1n) is 7.36. The van der Waals surface area contributed by atoms with Gasteiger partial charge in [-0.3, -0.25) is 19.8 Å². The van der Waals surface area contributed by atoms with Crippen molar-refractivity contribution in [1.82, 2.24) is 20.9 Å². The van der Waals surface area contributed by atoms with E-state index in [1.165, 1.54) is 6.92 Å². The number of hydrogen-bond donors (Lipinski definition) is 3. The Morgan fingerprint density at radius 1 is 1.28 bits per heavy atom. The maximum atomic E-state index is 14.0. The number of rotatable bonds is 4. The highest BCUT2D eigenvalue weighted by molar-refractivity contribution is 6.10. The molecule has 1 heterocycles. The SMILES string of the molecule is CCNC(=O)NC(=O)CN1C(=O)N[C@@](C)(c2cc(F)ccc2F)C1=O. The number of hydrogen-bond acceptors (Lipinski definition) is 4. The number of nitrogens with zero attached hydrogens (tertiary/aromatic N) is 1. The lowest BCUT2D eigenvalue weighted by molar-refractivity contribution is -0.134. The average Bonchev–Trinajstić information content (AvgIpc) is 2.74. The van der Waals surface area contributed by atoms with E-state index in [9.17, 15) is 28.0 Å². The maximum Gasteiger partial charge on any atom is 0.325 e. The number of urea groups is 2. The van der Waals surface area contributed by atoms with Gasteiger partial charge < -0.3 is 10.6 Å². The minimum Gasteiger partial charge on any atom is -0.338 e. The molecule has 25 heavy (non-hydrogen) atoms. The van der Waals surface area contributed by atoms with Gasteiger partial charge >= 0.3 is 12.1 Å². The first-order valence-corrected chi connectivity index (χ1v) is 7.36. The summed E-state index contributed by atoms with van der Waals surface area (Å²) in [5.41, 5.74) is -2.23. The number of amides is 6. The zero-order chi connectivity index (χ0) is 18.8. The fourth-order valence-corrected chi connectivity index (χ4v) is 2.42. The molecule has 0 saturated carbocycles. The maximum absolute atomic E-state index is 14.0. The van der Waals surface area contributed by atoms with E-state index < -0.39 is 47.6 Å². The molecule has 3 N–H and O–H groups in total. The van der Waals surface area contributed by atoms with Crippen molar-refractivity contribution in [1.29, 1.82) is 0 Å². The standard InChI is InChI=1S/C15H16F2N4O4/c1-3-18-13(24)19-11(22)7-21-12(23)15(2,20-14(21)25)9-6-8(16)4-5-10(9)17/h4-6H,3,7H2,1-2H3,(H,20,25)(H2,18,19,22,24)/t15-/m0/s1. The zero-order valence-corrected chi connectivity index (χ0v) is 13.5. The molecule has 1 aliphatic rings. The highest BCUT2D eigenvalue weighted by Crippen LogP contribution is 2.31. The molecule has 1 aliphatic heterocycles. The third-order valence-electron chi connectivity index (χ3n) is 3.63. The van der Waals surface area contributed by atoms with Gasteiger partial charge in [0.05, 0.1) is 0 Å². The summed E-state index contributed by atoms with van der Waals surface area (Å²) in [7, 11) is 0. The van der Waals surface area contributed by atoms with Crippen LogP contribution in [-0.4, -0.2) is 41.9 Å². The van der Waals surface area contributed by atoms with Crippen LogP contribution >= 0.6 is 0 Å². The summed E-state index contributed by atoms with van der Waals surface area (Å²) in [6.07, 6.45) is 0. The van der Waals surface area contributed by atoms with Crippen molar-refractivity contribution < 1.29 is 28.0 Å². The number of carbonyl (C=O) groups excluding carboxylic acids is 4. The van der Waals surface area contributed by atoms with Gasteiger partial charge in [-0.2, -0.15) is 0 Å². The van der Waals surface area contributed by atoms with E-state index >= 15 is 0 Å². The predicted molar refractivity (Wildman–Crippen MR) is 81.2 cm³/mol. The first-order chi connectivity index (χ1) is 11.7. The fourth-order valence-electron chi connectivity index (χ4n) is 2.42. The summed E-state index contributed by atoms with van der Waals surface area (Å²) in [6, 6.07) is 0.771. The van der Waals surface area contributed by atoms with Gasteiger partial charge in [-0.1, -0.05) is 0 Å². The molecule has 134 valence electrons. The summed E-state index contributed by atoms with van der Waals surface area (Å²) in [5.74, 6) is -3.51. The lowest BCUT2D eigenvalue weighted by atomic mass is 9.91. The predicted octanol–water partition coefficient (Wildman–Crippen LogP) is 0.577. The van der Waals surface area contributed by atoms with Crippen LogP contribution in [0.25, 0.3) is 0 Å². The molecule has 1 aromatic carbocycles. The molecule has 1 saturated heterocycles. The summed E-state index contributed by atoms with van der Waals surface area (Å²) in [4.78, 5) is 48.1. The quantitative estimate of drug-likeness (QED) is 0.687. The van der Waals surface area contributed by atoms with Gasteiger partial charge in [-0.05, 0) is 32.0 Å². The number of nitrogens with one attached hydrogen (secondary N) is 3. The Morgan fingerprint density at radius 2 is 1.96 bits per heavy atom. The summed E-state index contributed by atoms with van der Waals surface area (Å²) < 4.78 is 27.4. The van der Waals surface area contributed by atoms with Crippen LogP contribution < -0.4 is 16.0 Å². The van der Waals surface area contributed by atoms with E-state index in [0.29, 0.717) is 4.90 Å². The van der Waals surface area contributed by atoms with Gasteiger partial charge in [-0.15, -0.1) is 0 Å². The van der Waals surface area contributed by atoms with Gasteiger partial charge in [0.25, 0.3) is 5.91 Å². The number of halogens is 2. The van der Waals surface area contributed by atoms with Gasteiger partial charge in [0, 0.05) is 12.1 Å². The lowest BCUT2D eigenvalue weighted by Crippen LogP contribution is -2.47. The molecule has 1 aromatic rings. The van der Waals surface area contributed by atoms with Crippen LogP contribution in [0.3, 0.4) is 0 Å². The average molecular weight is 354 g/mol. The van der Waals surface area contributed by atoms with Crippen LogP contribution in [0.4, 0.5) is 18.4 Å². The van der Waals surface area contributed by atoms with E-state index in [1.54, 1.807) is 6.92 Å². The monoisotopic (exact) mass is 354 g/mol. The molecular weight excluding hydrogens is 338 g/mol. The van der Waals surface area contributed by atoms with Crippen LogP contribution in [-0.2, 0) is 15.1 Å². The van der Waals surface area contributed by atoms with Crippen LogP contribution in [0, 0.1) is 11.6 Å². The zero-order valence-electron chi connectivity index (χ0n) is 13.5. The van der Waals surface area contributed by atoms with E-state index in [2.05, 4.69) is 10.6 Å². The van der Waals surface area contributed by atoms with Crippen LogP contribution in [0.1, 0.15) is 19.4 Å². The second-order valence-electron chi connectivity index (χ2n) is 5.48. The third-order valence-corrected chi connectivity index (χ3v) is 3.63. The summed E-state index contributed by atoms with van der Waals surface area (Å²) >= 11 is 0. The Hall–Kier alpha value is -3.04. The molecule has 0 aromatic heterocycles. The summed E-state index contributed by atoms with van der Waals surface area (Å²) in [6.45, 7) is 2.38. The van der Waals surface area contributed by atoms with Crippen molar-refractivity contribution in [2.24, 2.45) is 0 Å². The second-order valence-corrected chi connectivity index (χ2v) is 5.48. The molecule has 0 radical (unpaired) electrons. The normalized spacial score (nSPS) is 19.6. The summed E-state index contributed by atoms with van der Waals surface area (Å²) in [5, 5.41) is 6.50. The van der Waals surface area contributed by atoms with Crippen molar-refractivity contribution in [3.05, 3.63) is 35.4 Å². The Balaban J connectivity index is 2.20. The first kappa shape index (κ1) is 18.3. The minimum atomic E-state index is -1.87. The van der Waals surface area contributed by atoms with E-state index in [1.807, 2.05) is 5.32 Å². The molecular formula is C15H16F2N4O4. The molecule has 0 aliphatic carbocycles. The largest absolute Gasteiger partial charge is 0.338 e. The highest BCUT2D eigenvalue weighted by atomic mass is 19.1. The lowest BCUT2D eigenvalue weighted by Gasteiger charge is -2.22. The number of carbonyl (C=O) groups is 4. The molecule has 0 unspecified atom stereocenters. The van der Waals surface area contributed by atoms with Crippen molar-refractivity contribution in [3.63, 3.8) is 0 Å². The Labute approximate surface area is 141 Å². The van der Waals surface area contributed by atoms with Crippen molar-refractivity contribution in [3.8, 4) is 0 Å². The number of imide groups is 2. The fraction of sp³-hybridized carbons (Fsp3) is 0.333. The topological polar surface area (TPSA) is 108 Å². The molecule has 0 bridgehead atoms. The Morgan fingerprint density at radius 3 is 2.60 bits per heavy atom. The van der Waals surface area contributed by atoms with Gasteiger partial charge in [0.2, 0.25) is 5.91 Å². The second kappa shape index (κ2) is 6.83. The van der Waals surface area contributed by atoms with E-state index in [-0.39, 0.29) is 12.1 Å². The van der Waals surface area contributed by atoms with Crippen molar-refractivity contribution in [2.75, 3.05) is 13.1 Å². The van der Waals surface area contributed by atoms with Crippen molar-refractivity contribution in [2.45, 2.75) is 19.4 Å². The van der Waals surface area contributed by atoms with E-state index in [4.69, 9.17) is 0 Å². The molecule has 10 heteroatoms. The third kappa shape index (κ3) is 3.57. The molecule has 2 rings (SSSR count). The Kier molecular flexibility index (Phi) is 5.00. The van der Waals surface area contributed by atoms with Gasteiger partial charge in [-0.25, -0.2) is 18.4 Å². The number of benzene rings is 1. The van der Waals surface area contributed by atoms with Crippen LogP contribution in [0.2, 0.25) is 0 Å². The highest BCUT2D eigenvalue weighted by Gasteiger charge is 2.50. The molecule has 8 nitrogen and oxygen atoms in total. The molecule has 0 spiro atoms. The van der Waals surface area contributed by atoms with Crippen molar-refractivity contribution >= 4 is 23.9 Å².